The molecule has 0 saturated heterocycles. The van der Waals surface area contributed by atoms with Crippen LogP contribution in [0.1, 0.15) is 46.9 Å². The lowest BCUT2D eigenvalue weighted by atomic mass is 9.86. The number of amides is 1. The highest BCUT2D eigenvalue weighted by Gasteiger charge is 2.26. The maximum atomic E-state index is 13.2. The second-order valence-corrected chi connectivity index (χ2v) is 8.00. The van der Waals surface area contributed by atoms with Gasteiger partial charge in [-0.2, -0.15) is 0 Å². The van der Waals surface area contributed by atoms with E-state index in [0.29, 0.717) is 12.1 Å². The van der Waals surface area contributed by atoms with Crippen molar-refractivity contribution in [1.82, 2.24) is 10.3 Å². The highest BCUT2D eigenvalue weighted by Crippen LogP contribution is 2.38. The number of para-hydroxylation sites is 1. The van der Waals surface area contributed by atoms with Gasteiger partial charge in [-0.1, -0.05) is 24.3 Å². The molecule has 0 spiro atoms. The molecule has 2 heterocycles. The van der Waals surface area contributed by atoms with E-state index in [1.165, 1.54) is 0 Å². The first kappa shape index (κ1) is 21.0. The summed E-state index contributed by atoms with van der Waals surface area (Å²) in [6, 6.07) is 13.4. The van der Waals surface area contributed by atoms with Crippen LogP contribution in [0.3, 0.4) is 0 Å². The Morgan fingerprint density at radius 3 is 2.85 bits per heavy atom. The Balaban J connectivity index is 1.57. The van der Waals surface area contributed by atoms with E-state index >= 15 is 0 Å². The topological polar surface area (TPSA) is 86.8 Å². The predicted octanol–water partition coefficient (Wildman–Crippen LogP) is 4.13. The zero-order valence-electron chi connectivity index (χ0n) is 18.3. The number of aromatic nitrogens is 1. The molecule has 0 bridgehead atoms. The Bertz CT molecular complexity index is 1280. The van der Waals surface area contributed by atoms with E-state index in [0.717, 1.165) is 64.1 Å². The number of fused-ring (bicyclic) bond motifs is 3. The van der Waals surface area contributed by atoms with Gasteiger partial charge in [-0.05, 0) is 67.2 Å². The number of nitrogens with one attached hydrogen (secondary N) is 1. The van der Waals surface area contributed by atoms with Gasteiger partial charge in [0.1, 0.15) is 0 Å². The zero-order chi connectivity index (χ0) is 22.8. The molecule has 1 aliphatic carbocycles. The van der Waals surface area contributed by atoms with Gasteiger partial charge < -0.3 is 19.5 Å². The van der Waals surface area contributed by atoms with Crippen molar-refractivity contribution in [2.75, 3.05) is 19.9 Å². The van der Waals surface area contributed by atoms with Crippen molar-refractivity contribution in [2.24, 2.45) is 0 Å². The summed E-state index contributed by atoms with van der Waals surface area (Å²) in [4.78, 5) is 29.9. The number of hydrogen-bond donors (Lipinski definition) is 1. The van der Waals surface area contributed by atoms with Gasteiger partial charge in [0.2, 0.25) is 6.79 Å². The van der Waals surface area contributed by atoms with Crippen LogP contribution < -0.4 is 14.8 Å². The van der Waals surface area contributed by atoms with Crippen molar-refractivity contribution < 1.29 is 23.8 Å². The molecule has 0 unspecified atom stereocenters. The van der Waals surface area contributed by atoms with E-state index in [1.807, 2.05) is 49.4 Å². The van der Waals surface area contributed by atoms with Crippen molar-refractivity contribution in [3.63, 3.8) is 0 Å². The lowest BCUT2D eigenvalue weighted by molar-refractivity contribution is -0.124. The lowest BCUT2D eigenvalue weighted by Crippen LogP contribution is -2.28. The standard InChI is InChI=1S/C26H24N2O5/c1-2-27-23(29)14-31-26(30)24-18-7-3-4-9-20(18)28-25-17(6-5-8-19(24)25)12-16-10-11-21-22(13-16)33-15-32-21/h3-4,7,9-13H,2,5-6,8,14-15H2,1H3,(H,27,29). The Labute approximate surface area is 191 Å². The van der Waals surface area contributed by atoms with Crippen LogP contribution in [0.4, 0.5) is 0 Å². The number of carbonyl (C=O) groups excluding carboxylic acids is 2. The van der Waals surface area contributed by atoms with Crippen LogP contribution in [0.15, 0.2) is 42.5 Å². The van der Waals surface area contributed by atoms with E-state index in [1.54, 1.807) is 0 Å². The number of pyridine rings is 1. The molecule has 2 aromatic carbocycles. The summed E-state index contributed by atoms with van der Waals surface area (Å²) < 4.78 is 16.3. The van der Waals surface area contributed by atoms with E-state index in [9.17, 15) is 9.59 Å². The summed E-state index contributed by atoms with van der Waals surface area (Å²) in [6.07, 6.45) is 4.54. The lowest BCUT2D eigenvalue weighted by Gasteiger charge is -2.22. The molecule has 7 nitrogen and oxygen atoms in total. The van der Waals surface area contributed by atoms with E-state index in [2.05, 4.69) is 11.4 Å². The molecule has 1 N–H and O–H groups in total. The van der Waals surface area contributed by atoms with Crippen molar-refractivity contribution >= 4 is 34.4 Å². The largest absolute Gasteiger partial charge is 0.454 e. The van der Waals surface area contributed by atoms with Crippen molar-refractivity contribution in [3.05, 3.63) is 64.8 Å². The maximum absolute atomic E-state index is 13.2. The third kappa shape index (κ3) is 4.14. The number of rotatable bonds is 5. The highest BCUT2D eigenvalue weighted by molar-refractivity contribution is 6.07. The van der Waals surface area contributed by atoms with Crippen LogP contribution in [0.25, 0.3) is 22.6 Å². The van der Waals surface area contributed by atoms with Gasteiger partial charge in [-0.15, -0.1) is 0 Å². The molecule has 1 amide bonds. The number of carbonyl (C=O) groups is 2. The summed E-state index contributed by atoms with van der Waals surface area (Å²) in [5.74, 6) is 0.644. The van der Waals surface area contributed by atoms with Crippen LogP contribution in [0, 0.1) is 0 Å². The average Bonchev–Trinajstić information content (AvgIpc) is 3.29. The van der Waals surface area contributed by atoms with E-state index in [4.69, 9.17) is 19.2 Å². The Hall–Kier alpha value is -3.87. The molecule has 5 rings (SSSR count). The molecule has 0 saturated carbocycles. The minimum Gasteiger partial charge on any atom is -0.454 e. The Morgan fingerprint density at radius 1 is 1.12 bits per heavy atom. The fraction of sp³-hybridized carbons (Fsp3) is 0.269. The van der Waals surface area contributed by atoms with Crippen LogP contribution in [-0.2, 0) is 16.0 Å². The Kier molecular flexibility index (Phi) is 5.69. The van der Waals surface area contributed by atoms with E-state index < -0.39 is 5.97 Å². The third-order valence-electron chi connectivity index (χ3n) is 5.82. The maximum Gasteiger partial charge on any atom is 0.339 e. The molecule has 0 fully saturated rings. The minimum absolute atomic E-state index is 0.230. The predicted molar refractivity (Wildman–Crippen MR) is 124 cm³/mol. The molecule has 1 aromatic heterocycles. The smallest absolute Gasteiger partial charge is 0.339 e. The van der Waals surface area contributed by atoms with Crippen molar-refractivity contribution in [2.45, 2.75) is 26.2 Å². The summed E-state index contributed by atoms with van der Waals surface area (Å²) in [6.45, 7) is 2.23. The molecule has 0 atom stereocenters. The van der Waals surface area contributed by atoms with Gasteiger partial charge in [-0.3, -0.25) is 4.79 Å². The number of benzene rings is 2. The third-order valence-corrected chi connectivity index (χ3v) is 5.82. The quantitative estimate of drug-likeness (QED) is 0.596. The van der Waals surface area contributed by atoms with E-state index in [-0.39, 0.29) is 19.3 Å². The average molecular weight is 444 g/mol. The number of esters is 1. The minimum atomic E-state index is -0.500. The second kappa shape index (κ2) is 8.94. The summed E-state index contributed by atoms with van der Waals surface area (Å²) >= 11 is 0. The highest BCUT2D eigenvalue weighted by atomic mass is 16.7. The van der Waals surface area contributed by atoms with Gasteiger partial charge in [0, 0.05) is 11.9 Å². The van der Waals surface area contributed by atoms with Gasteiger partial charge >= 0.3 is 5.97 Å². The zero-order valence-corrected chi connectivity index (χ0v) is 18.3. The summed E-state index contributed by atoms with van der Waals surface area (Å²) in [5, 5.41) is 3.38. The fourth-order valence-corrected chi connectivity index (χ4v) is 4.36. The van der Waals surface area contributed by atoms with Crippen LogP contribution in [-0.4, -0.2) is 36.8 Å². The number of ether oxygens (including phenoxy) is 3. The monoisotopic (exact) mass is 444 g/mol. The molecule has 0 radical (unpaired) electrons. The number of likely N-dealkylation sites (N-methyl/N-ethyl adjacent to an activating group) is 1. The number of nitrogens with zero attached hydrogens (tertiary/aromatic N) is 1. The first-order valence-electron chi connectivity index (χ1n) is 11.1. The molecule has 3 aromatic rings. The summed E-state index contributed by atoms with van der Waals surface area (Å²) in [5.41, 5.74) is 4.93. The molecule has 2 aliphatic rings. The second-order valence-electron chi connectivity index (χ2n) is 8.00. The van der Waals surface area contributed by atoms with Crippen molar-refractivity contribution in [1.29, 1.82) is 0 Å². The van der Waals surface area contributed by atoms with Gasteiger partial charge in [0.15, 0.2) is 18.1 Å². The SMILES string of the molecule is CCNC(=O)COC(=O)c1c2c(nc3ccccc13)C(=Cc1ccc3c(c1)OCO3)CCC2. The van der Waals surface area contributed by atoms with Crippen LogP contribution in [0.5, 0.6) is 11.5 Å². The molecule has 33 heavy (non-hydrogen) atoms. The van der Waals surface area contributed by atoms with Gasteiger partial charge in [-0.25, -0.2) is 9.78 Å². The molecule has 7 heteroatoms. The molecular formula is C26H24N2O5. The number of allylic oxidation sites excluding steroid dienone is 1. The summed E-state index contributed by atoms with van der Waals surface area (Å²) in [7, 11) is 0. The van der Waals surface area contributed by atoms with Crippen LogP contribution in [0.2, 0.25) is 0 Å². The first-order chi connectivity index (χ1) is 16.1. The molecular weight excluding hydrogens is 420 g/mol. The fourth-order valence-electron chi connectivity index (χ4n) is 4.36. The van der Waals surface area contributed by atoms with Crippen LogP contribution >= 0.6 is 0 Å². The number of hydrogen-bond acceptors (Lipinski definition) is 6. The van der Waals surface area contributed by atoms with Gasteiger partial charge in [0.05, 0.1) is 16.8 Å². The first-order valence-corrected chi connectivity index (χ1v) is 11.1. The Morgan fingerprint density at radius 2 is 1.97 bits per heavy atom. The normalized spacial score (nSPS) is 15.4. The molecule has 168 valence electrons. The molecule has 1 aliphatic heterocycles. The van der Waals surface area contributed by atoms with Crippen molar-refractivity contribution in [3.8, 4) is 11.5 Å². The van der Waals surface area contributed by atoms with Gasteiger partial charge in [0.25, 0.3) is 5.91 Å².